The lowest BCUT2D eigenvalue weighted by Crippen LogP contribution is -2.44. The average molecular weight is 366 g/mol. The first-order valence-corrected chi connectivity index (χ1v) is 13.6. The van der Waals surface area contributed by atoms with E-state index >= 15 is 0 Å². The van der Waals surface area contributed by atoms with Crippen molar-refractivity contribution in [3.8, 4) is 0 Å². The van der Waals surface area contributed by atoms with E-state index in [1.165, 1.54) is 25.0 Å². The minimum atomic E-state index is -1.59. The molecule has 0 saturated heterocycles. The quantitative estimate of drug-likeness (QED) is 0.274. The van der Waals surface area contributed by atoms with Gasteiger partial charge in [0.1, 0.15) is 0 Å². The van der Waals surface area contributed by atoms with E-state index in [1.807, 2.05) is 0 Å². The molecule has 0 atom stereocenters. The lowest BCUT2D eigenvalue weighted by atomic mass is 10.4. The molecule has 1 N–H and O–H groups in total. The van der Waals surface area contributed by atoms with E-state index < -0.39 is 16.6 Å². The van der Waals surface area contributed by atoms with Crippen molar-refractivity contribution < 1.29 is 8.91 Å². The molecule has 1 amide bonds. The van der Waals surface area contributed by atoms with E-state index in [9.17, 15) is 4.79 Å². The minimum Gasteiger partial charge on any atom is -0.455 e. The second-order valence-electron chi connectivity index (χ2n) is 6.32. The molecular weight excluding hydrogens is 318 g/mol. The molecule has 0 spiro atoms. The van der Waals surface area contributed by atoms with Crippen molar-refractivity contribution in [3.63, 3.8) is 0 Å². The third kappa shape index (κ3) is 19.6. The number of nitrogens with one attached hydrogen (secondary N) is 1. The van der Waals surface area contributed by atoms with Gasteiger partial charge in [0.25, 0.3) is 0 Å². The Bertz CT molecular complexity index is 293. The summed E-state index contributed by atoms with van der Waals surface area (Å²) in [6, 6.07) is 2.36. The third-order valence-corrected chi connectivity index (χ3v) is 10.7. The SMILES string of the molecule is C.C.C.C.C=CC(=O)NCCC[Si](C)(C)O[Si](C)(C)CCCC. The van der Waals surface area contributed by atoms with Gasteiger partial charge >= 0.3 is 0 Å². The molecule has 0 unspecified atom stereocenters. The molecule has 0 bridgehead atoms. The van der Waals surface area contributed by atoms with Gasteiger partial charge in [-0.1, -0.05) is 56.1 Å². The lowest BCUT2D eigenvalue weighted by molar-refractivity contribution is -0.116. The van der Waals surface area contributed by atoms with Gasteiger partial charge in [0.05, 0.1) is 0 Å². The van der Waals surface area contributed by atoms with Crippen LogP contribution in [0.2, 0.25) is 38.3 Å². The van der Waals surface area contributed by atoms with Crippen molar-refractivity contribution in [2.24, 2.45) is 0 Å². The summed E-state index contributed by atoms with van der Waals surface area (Å²) in [5.74, 6) is -0.0851. The summed E-state index contributed by atoms with van der Waals surface area (Å²) < 4.78 is 6.51. The van der Waals surface area contributed by atoms with Crippen LogP contribution in [0.25, 0.3) is 0 Å². The van der Waals surface area contributed by atoms with Crippen molar-refractivity contribution in [2.75, 3.05) is 6.54 Å². The standard InChI is InChI=1S/C14H31NO2Si2.4CH4/c1-7-9-12-18(3,4)17-19(5,6)13-10-11-15-14(16)8-2;;;;/h8H,2,7,9-13H2,1,3-6H3,(H,15,16);4*1H4. The zero-order valence-electron chi connectivity index (χ0n) is 13.3. The van der Waals surface area contributed by atoms with Crippen LogP contribution in [0.15, 0.2) is 12.7 Å². The normalized spacial score (nSPS) is 10.1. The molecule has 0 rings (SSSR count). The van der Waals surface area contributed by atoms with Gasteiger partial charge in [-0.15, -0.1) is 0 Å². The number of rotatable bonds is 10. The number of carbonyl (C=O) groups is 1. The van der Waals surface area contributed by atoms with Gasteiger partial charge in [-0.25, -0.2) is 0 Å². The molecule has 0 aliphatic rings. The van der Waals surface area contributed by atoms with Gasteiger partial charge in [0, 0.05) is 6.54 Å². The molecule has 23 heavy (non-hydrogen) atoms. The molecule has 5 heteroatoms. The number of hydrogen-bond donors (Lipinski definition) is 1. The molecule has 0 aliphatic heterocycles. The van der Waals surface area contributed by atoms with Gasteiger partial charge in [-0.05, 0) is 50.8 Å². The Kier molecular flexibility index (Phi) is 24.4. The van der Waals surface area contributed by atoms with Crippen LogP contribution in [0.4, 0.5) is 0 Å². The van der Waals surface area contributed by atoms with Gasteiger partial charge in [0.15, 0.2) is 16.6 Å². The van der Waals surface area contributed by atoms with Gasteiger partial charge < -0.3 is 9.43 Å². The molecule has 0 aromatic rings. The highest BCUT2D eigenvalue weighted by atomic mass is 28.4. The van der Waals surface area contributed by atoms with E-state index in [1.54, 1.807) is 0 Å². The second kappa shape index (κ2) is 16.5. The van der Waals surface area contributed by atoms with Gasteiger partial charge in [-0.3, -0.25) is 4.79 Å². The van der Waals surface area contributed by atoms with Crippen LogP contribution in [0, 0.1) is 0 Å². The first kappa shape index (κ1) is 34.0. The maximum absolute atomic E-state index is 11.0. The van der Waals surface area contributed by atoms with E-state index in [0.717, 1.165) is 19.0 Å². The van der Waals surface area contributed by atoms with E-state index in [2.05, 4.69) is 45.0 Å². The molecule has 0 fully saturated rings. The van der Waals surface area contributed by atoms with Gasteiger partial charge in [-0.2, -0.15) is 0 Å². The first-order valence-electron chi connectivity index (χ1n) is 7.33. The molecule has 144 valence electrons. The molecule has 3 nitrogen and oxygen atoms in total. The first-order chi connectivity index (χ1) is 8.72. The molecule has 0 aliphatic carbocycles. The summed E-state index contributed by atoms with van der Waals surface area (Å²) in [5.41, 5.74) is 0. The fourth-order valence-corrected chi connectivity index (χ4v) is 11.3. The summed E-state index contributed by atoms with van der Waals surface area (Å²) in [4.78, 5) is 11.0. The second-order valence-corrected chi connectivity index (χ2v) is 15.2. The highest BCUT2D eigenvalue weighted by Gasteiger charge is 2.31. The fraction of sp³-hybridized carbons (Fsp3) is 0.833. The maximum Gasteiger partial charge on any atom is 0.243 e. The molecule has 0 saturated carbocycles. The van der Waals surface area contributed by atoms with Gasteiger partial charge in [0.2, 0.25) is 5.91 Å². The third-order valence-electron chi connectivity index (χ3n) is 3.13. The number of carbonyl (C=O) groups excluding carboxylic acids is 1. The summed E-state index contributed by atoms with van der Waals surface area (Å²) >= 11 is 0. The molecule has 0 heterocycles. The Morgan fingerprint density at radius 2 is 1.43 bits per heavy atom. The Balaban J connectivity index is -0.000000270. The van der Waals surface area contributed by atoms with Crippen LogP contribution in [-0.2, 0) is 8.91 Å². The summed E-state index contributed by atoms with van der Waals surface area (Å²) in [7, 11) is -3.08. The molecule has 0 radical (unpaired) electrons. The Hall–Kier alpha value is -0.396. The predicted molar refractivity (Wildman–Crippen MR) is 115 cm³/mol. The lowest BCUT2D eigenvalue weighted by Gasteiger charge is -2.34. The summed E-state index contributed by atoms with van der Waals surface area (Å²) in [5, 5.41) is 2.82. The number of hydrogen-bond acceptors (Lipinski definition) is 2. The van der Waals surface area contributed by atoms with Crippen LogP contribution in [0.1, 0.15) is 55.9 Å². The number of unbranched alkanes of at least 4 members (excludes halogenated alkanes) is 1. The van der Waals surface area contributed by atoms with Crippen molar-refractivity contribution in [3.05, 3.63) is 12.7 Å². The zero-order chi connectivity index (χ0) is 14.9. The molecule has 0 aromatic carbocycles. The van der Waals surface area contributed by atoms with E-state index in [-0.39, 0.29) is 35.6 Å². The highest BCUT2D eigenvalue weighted by Crippen LogP contribution is 2.23. The molecular formula is C18H47NO2Si2. The summed E-state index contributed by atoms with van der Waals surface area (Å²) in [6.45, 7) is 15.6. The largest absolute Gasteiger partial charge is 0.455 e. The Morgan fingerprint density at radius 1 is 1.00 bits per heavy atom. The Morgan fingerprint density at radius 3 is 1.83 bits per heavy atom. The van der Waals surface area contributed by atoms with E-state index in [4.69, 9.17) is 4.12 Å². The van der Waals surface area contributed by atoms with Crippen LogP contribution in [-0.4, -0.2) is 29.1 Å². The summed E-state index contributed by atoms with van der Waals surface area (Å²) in [6.07, 6.45) is 4.84. The highest BCUT2D eigenvalue weighted by molar-refractivity contribution is 6.84. The topological polar surface area (TPSA) is 38.3 Å². The van der Waals surface area contributed by atoms with Crippen LogP contribution in [0.3, 0.4) is 0 Å². The predicted octanol–water partition coefficient (Wildman–Crippen LogP) is 6.45. The van der Waals surface area contributed by atoms with Crippen LogP contribution in [0.5, 0.6) is 0 Å². The minimum absolute atomic E-state index is 0. The van der Waals surface area contributed by atoms with Crippen molar-refractivity contribution >= 4 is 22.5 Å². The zero-order valence-corrected chi connectivity index (χ0v) is 15.3. The van der Waals surface area contributed by atoms with Crippen molar-refractivity contribution in [1.82, 2.24) is 5.32 Å². The molecule has 0 aromatic heterocycles. The van der Waals surface area contributed by atoms with Crippen LogP contribution >= 0.6 is 0 Å². The maximum atomic E-state index is 11.0. The number of amides is 1. The monoisotopic (exact) mass is 365 g/mol. The van der Waals surface area contributed by atoms with E-state index in [0.29, 0.717) is 0 Å². The average Bonchev–Trinajstić information content (AvgIpc) is 2.30. The van der Waals surface area contributed by atoms with Crippen molar-refractivity contribution in [2.45, 2.75) is 94.2 Å². The fourth-order valence-electron chi connectivity index (χ4n) is 2.25. The smallest absolute Gasteiger partial charge is 0.243 e. The Labute approximate surface area is 150 Å². The van der Waals surface area contributed by atoms with Crippen molar-refractivity contribution in [1.29, 1.82) is 0 Å². The van der Waals surface area contributed by atoms with Crippen LogP contribution < -0.4 is 5.32 Å².